The monoisotopic (exact) mass is 285 g/mol. The van der Waals surface area contributed by atoms with Gasteiger partial charge in [-0.2, -0.15) is 0 Å². The van der Waals surface area contributed by atoms with Gasteiger partial charge in [0.25, 0.3) is 0 Å². The van der Waals surface area contributed by atoms with E-state index in [1.807, 2.05) is 31.2 Å². The predicted molar refractivity (Wildman–Crippen MR) is 85.9 cm³/mol. The van der Waals surface area contributed by atoms with E-state index in [2.05, 4.69) is 36.5 Å². The van der Waals surface area contributed by atoms with Crippen molar-refractivity contribution in [3.63, 3.8) is 0 Å². The number of hydrogen-bond donors (Lipinski definition) is 1. The van der Waals surface area contributed by atoms with E-state index >= 15 is 0 Å². The van der Waals surface area contributed by atoms with Gasteiger partial charge in [0, 0.05) is 12.6 Å². The lowest BCUT2D eigenvalue weighted by molar-refractivity contribution is 0.339. The standard InChI is InChI=1S/C18H23NO2/c1-4-21-18-10-5-7-15(11-18)13-19-14(2)16-8-6-9-17(12-16)20-3/h5-12,14,19H,4,13H2,1-3H3/t14-/m0/s1. The minimum Gasteiger partial charge on any atom is -0.497 e. The summed E-state index contributed by atoms with van der Waals surface area (Å²) in [5.41, 5.74) is 2.44. The van der Waals surface area contributed by atoms with Gasteiger partial charge < -0.3 is 14.8 Å². The molecule has 3 heteroatoms. The maximum absolute atomic E-state index is 5.52. The minimum atomic E-state index is 0.260. The average Bonchev–Trinajstić information content (AvgIpc) is 2.53. The third-order valence-electron chi connectivity index (χ3n) is 3.42. The van der Waals surface area contributed by atoms with Crippen LogP contribution in [0.15, 0.2) is 48.5 Å². The molecule has 21 heavy (non-hydrogen) atoms. The smallest absolute Gasteiger partial charge is 0.119 e. The molecule has 1 atom stereocenters. The van der Waals surface area contributed by atoms with Gasteiger partial charge in [0.05, 0.1) is 13.7 Å². The van der Waals surface area contributed by atoms with E-state index in [9.17, 15) is 0 Å². The fraction of sp³-hybridized carbons (Fsp3) is 0.333. The molecular weight excluding hydrogens is 262 g/mol. The van der Waals surface area contributed by atoms with Gasteiger partial charge in [0.15, 0.2) is 0 Å². The molecule has 2 aromatic rings. The Balaban J connectivity index is 1.96. The van der Waals surface area contributed by atoms with Crippen molar-refractivity contribution in [2.45, 2.75) is 26.4 Å². The van der Waals surface area contributed by atoms with E-state index in [0.717, 1.165) is 18.0 Å². The third kappa shape index (κ3) is 4.50. The number of methoxy groups -OCH3 is 1. The Morgan fingerprint density at radius 2 is 1.81 bits per heavy atom. The van der Waals surface area contributed by atoms with Gasteiger partial charge in [-0.05, 0) is 49.2 Å². The van der Waals surface area contributed by atoms with Crippen molar-refractivity contribution in [1.29, 1.82) is 0 Å². The van der Waals surface area contributed by atoms with E-state index in [1.54, 1.807) is 7.11 Å². The van der Waals surface area contributed by atoms with Gasteiger partial charge in [0.1, 0.15) is 11.5 Å². The maximum atomic E-state index is 5.52. The summed E-state index contributed by atoms with van der Waals surface area (Å²) in [7, 11) is 1.69. The van der Waals surface area contributed by atoms with Crippen LogP contribution in [0.1, 0.15) is 31.0 Å². The highest BCUT2D eigenvalue weighted by Gasteiger charge is 2.06. The molecule has 0 amide bonds. The Morgan fingerprint density at radius 3 is 2.57 bits per heavy atom. The van der Waals surface area contributed by atoms with Gasteiger partial charge in [-0.1, -0.05) is 24.3 Å². The van der Waals surface area contributed by atoms with Gasteiger partial charge in [-0.25, -0.2) is 0 Å². The molecule has 0 heterocycles. The molecule has 0 unspecified atom stereocenters. The van der Waals surface area contributed by atoms with Gasteiger partial charge in [-0.15, -0.1) is 0 Å². The summed E-state index contributed by atoms with van der Waals surface area (Å²) in [6.45, 7) is 5.65. The van der Waals surface area contributed by atoms with Gasteiger partial charge in [0.2, 0.25) is 0 Å². The van der Waals surface area contributed by atoms with Crippen molar-refractivity contribution in [1.82, 2.24) is 5.32 Å². The molecule has 112 valence electrons. The first kappa shape index (κ1) is 15.4. The molecular formula is C18H23NO2. The van der Waals surface area contributed by atoms with Crippen LogP contribution in [-0.4, -0.2) is 13.7 Å². The molecule has 1 N–H and O–H groups in total. The van der Waals surface area contributed by atoms with Crippen LogP contribution in [0.25, 0.3) is 0 Å². The Kier molecular flexibility index (Phi) is 5.64. The lowest BCUT2D eigenvalue weighted by Gasteiger charge is -2.15. The second-order valence-corrected chi connectivity index (χ2v) is 4.96. The molecule has 0 aliphatic heterocycles. The minimum absolute atomic E-state index is 0.260. The average molecular weight is 285 g/mol. The molecule has 2 rings (SSSR count). The number of hydrogen-bond acceptors (Lipinski definition) is 3. The van der Waals surface area contributed by atoms with Crippen LogP contribution in [0, 0.1) is 0 Å². The Morgan fingerprint density at radius 1 is 1.05 bits per heavy atom. The lowest BCUT2D eigenvalue weighted by atomic mass is 10.1. The molecule has 0 saturated carbocycles. The van der Waals surface area contributed by atoms with E-state index in [0.29, 0.717) is 6.61 Å². The van der Waals surface area contributed by atoms with Crippen LogP contribution in [-0.2, 0) is 6.54 Å². The molecule has 0 aliphatic carbocycles. The summed E-state index contributed by atoms with van der Waals surface area (Å²) in [4.78, 5) is 0. The summed E-state index contributed by atoms with van der Waals surface area (Å²) in [5, 5.41) is 3.52. The summed E-state index contributed by atoms with van der Waals surface area (Å²) in [5.74, 6) is 1.81. The Hall–Kier alpha value is -2.00. The normalized spacial score (nSPS) is 12.0. The first-order valence-corrected chi connectivity index (χ1v) is 7.32. The van der Waals surface area contributed by atoms with Crippen molar-refractivity contribution in [2.75, 3.05) is 13.7 Å². The van der Waals surface area contributed by atoms with Crippen molar-refractivity contribution in [2.24, 2.45) is 0 Å². The molecule has 0 fully saturated rings. The topological polar surface area (TPSA) is 30.5 Å². The van der Waals surface area contributed by atoms with Crippen LogP contribution < -0.4 is 14.8 Å². The largest absolute Gasteiger partial charge is 0.497 e. The molecule has 0 aliphatic rings. The molecule has 0 radical (unpaired) electrons. The van der Waals surface area contributed by atoms with Crippen molar-refractivity contribution < 1.29 is 9.47 Å². The van der Waals surface area contributed by atoms with Crippen molar-refractivity contribution in [3.05, 3.63) is 59.7 Å². The fourth-order valence-electron chi connectivity index (χ4n) is 2.21. The van der Waals surface area contributed by atoms with Crippen LogP contribution in [0.4, 0.5) is 0 Å². The molecule has 2 aromatic carbocycles. The van der Waals surface area contributed by atoms with E-state index in [-0.39, 0.29) is 6.04 Å². The molecule has 0 spiro atoms. The maximum Gasteiger partial charge on any atom is 0.119 e. The summed E-state index contributed by atoms with van der Waals surface area (Å²) in [6, 6.07) is 16.6. The second kappa shape index (κ2) is 7.70. The van der Waals surface area contributed by atoms with Crippen LogP contribution in [0.5, 0.6) is 11.5 Å². The van der Waals surface area contributed by atoms with E-state index < -0.39 is 0 Å². The van der Waals surface area contributed by atoms with E-state index in [4.69, 9.17) is 9.47 Å². The molecule has 0 saturated heterocycles. The summed E-state index contributed by atoms with van der Waals surface area (Å²) >= 11 is 0. The quantitative estimate of drug-likeness (QED) is 0.835. The number of rotatable bonds is 7. The highest BCUT2D eigenvalue weighted by molar-refractivity contribution is 5.31. The predicted octanol–water partition coefficient (Wildman–Crippen LogP) is 3.94. The number of benzene rings is 2. The van der Waals surface area contributed by atoms with E-state index in [1.165, 1.54) is 11.1 Å². The Bertz CT molecular complexity index is 569. The summed E-state index contributed by atoms with van der Waals surface area (Å²) in [6.07, 6.45) is 0. The lowest BCUT2D eigenvalue weighted by Crippen LogP contribution is -2.18. The SMILES string of the molecule is CCOc1cccc(CN[C@@H](C)c2cccc(OC)c2)c1. The Labute approximate surface area is 126 Å². The molecule has 0 aromatic heterocycles. The van der Waals surface area contributed by atoms with Gasteiger partial charge >= 0.3 is 0 Å². The molecule has 3 nitrogen and oxygen atoms in total. The zero-order chi connectivity index (χ0) is 15.1. The highest BCUT2D eigenvalue weighted by atomic mass is 16.5. The highest BCUT2D eigenvalue weighted by Crippen LogP contribution is 2.20. The van der Waals surface area contributed by atoms with Crippen LogP contribution in [0.2, 0.25) is 0 Å². The second-order valence-electron chi connectivity index (χ2n) is 4.96. The van der Waals surface area contributed by atoms with Gasteiger partial charge in [-0.3, -0.25) is 0 Å². The van der Waals surface area contributed by atoms with Crippen molar-refractivity contribution >= 4 is 0 Å². The van der Waals surface area contributed by atoms with Crippen LogP contribution in [0.3, 0.4) is 0 Å². The first-order chi connectivity index (χ1) is 10.2. The zero-order valence-corrected chi connectivity index (χ0v) is 12.9. The van der Waals surface area contributed by atoms with Crippen LogP contribution >= 0.6 is 0 Å². The first-order valence-electron chi connectivity index (χ1n) is 7.32. The number of nitrogens with one attached hydrogen (secondary N) is 1. The van der Waals surface area contributed by atoms with Crippen molar-refractivity contribution in [3.8, 4) is 11.5 Å². The fourth-order valence-corrected chi connectivity index (χ4v) is 2.21. The summed E-state index contributed by atoms with van der Waals surface area (Å²) < 4.78 is 10.8. The molecule has 0 bridgehead atoms. The third-order valence-corrected chi connectivity index (χ3v) is 3.42. The zero-order valence-electron chi connectivity index (χ0n) is 12.9. The number of ether oxygens (including phenoxy) is 2.